The van der Waals surface area contributed by atoms with Crippen molar-refractivity contribution in [3.63, 3.8) is 0 Å². The maximum Gasteiger partial charge on any atom is 0.253 e. The molecule has 0 aliphatic rings. The van der Waals surface area contributed by atoms with Crippen molar-refractivity contribution in [3.05, 3.63) is 61.8 Å². The molecule has 0 amide bonds. The second-order valence-corrected chi connectivity index (χ2v) is 11.0. The summed E-state index contributed by atoms with van der Waals surface area (Å²) in [7, 11) is -1.48. The van der Waals surface area contributed by atoms with E-state index in [0.717, 1.165) is 4.31 Å². The Balaban J connectivity index is 2.02. The Morgan fingerprint density at radius 3 is 2.25 bits per heavy atom. The normalized spacial score (nSPS) is 13.5. The first-order valence-corrected chi connectivity index (χ1v) is 11.4. The van der Waals surface area contributed by atoms with E-state index in [9.17, 15) is 23.1 Å². The Hall–Kier alpha value is -2.82. The van der Waals surface area contributed by atoms with Crippen LogP contribution in [0, 0.1) is 5.41 Å². The van der Waals surface area contributed by atoms with Crippen LogP contribution >= 0.6 is 11.6 Å². The molecule has 0 saturated carbocycles. The monoisotopic (exact) mass is 481 g/mol. The molecule has 1 atom stereocenters. The molecule has 32 heavy (non-hydrogen) atoms. The number of halogens is 1. The highest BCUT2D eigenvalue weighted by Gasteiger charge is 2.33. The molecule has 0 saturated heterocycles. The van der Waals surface area contributed by atoms with Crippen LogP contribution in [-0.4, -0.2) is 31.9 Å². The molecule has 3 rings (SSSR count). The van der Waals surface area contributed by atoms with Crippen molar-refractivity contribution in [2.24, 2.45) is 5.41 Å². The standard InChI is InChI=1S/C21H24ClN3O6S/c1-21(2,3)20(13-7-6-10-31-13)24-15-14(17(27)18(15)28)23-12-9-8-11(22)19(16(12)26)32(29,30)25(4)5/h6-10,20,23-24,26H,1-5H3. The molecule has 0 spiro atoms. The van der Waals surface area contributed by atoms with Crippen LogP contribution < -0.4 is 21.5 Å². The van der Waals surface area contributed by atoms with Crippen LogP contribution in [0.25, 0.3) is 0 Å². The SMILES string of the molecule is CN(C)S(=O)(=O)c1c(Cl)ccc(Nc2c(NC(c3ccco3)C(C)(C)C)c(=O)c2=O)c1O. The molecule has 0 aliphatic heterocycles. The van der Waals surface area contributed by atoms with E-state index in [1.165, 1.54) is 32.5 Å². The van der Waals surface area contributed by atoms with Gasteiger partial charge >= 0.3 is 0 Å². The predicted octanol–water partition coefficient (Wildman–Crippen LogP) is 3.43. The summed E-state index contributed by atoms with van der Waals surface area (Å²) in [6.45, 7) is 5.82. The summed E-state index contributed by atoms with van der Waals surface area (Å²) < 4.78 is 31.5. The average molecular weight is 482 g/mol. The molecule has 2 aromatic carbocycles. The third kappa shape index (κ3) is 4.13. The Labute approximate surface area is 190 Å². The third-order valence-electron chi connectivity index (χ3n) is 4.97. The molecule has 11 heteroatoms. The predicted molar refractivity (Wildman–Crippen MR) is 123 cm³/mol. The van der Waals surface area contributed by atoms with E-state index in [4.69, 9.17) is 16.0 Å². The van der Waals surface area contributed by atoms with Crippen molar-refractivity contribution in [3.8, 4) is 5.75 Å². The molecule has 9 nitrogen and oxygen atoms in total. The Morgan fingerprint density at radius 1 is 1.09 bits per heavy atom. The Kier molecular flexibility index (Phi) is 6.16. The van der Waals surface area contributed by atoms with Gasteiger partial charge in [-0.25, -0.2) is 12.7 Å². The van der Waals surface area contributed by atoms with Gasteiger partial charge in [0.1, 0.15) is 22.0 Å². The molecule has 0 radical (unpaired) electrons. The number of anilines is 3. The highest BCUT2D eigenvalue weighted by molar-refractivity contribution is 7.89. The van der Waals surface area contributed by atoms with E-state index in [1.807, 2.05) is 20.8 Å². The van der Waals surface area contributed by atoms with E-state index in [1.54, 1.807) is 12.1 Å². The van der Waals surface area contributed by atoms with Crippen molar-refractivity contribution in [1.82, 2.24) is 4.31 Å². The molecule has 0 bridgehead atoms. The number of nitrogens with zero attached hydrogens (tertiary/aromatic N) is 1. The van der Waals surface area contributed by atoms with Gasteiger partial charge in [-0.1, -0.05) is 32.4 Å². The Morgan fingerprint density at radius 2 is 1.72 bits per heavy atom. The van der Waals surface area contributed by atoms with Crippen molar-refractivity contribution in [1.29, 1.82) is 0 Å². The van der Waals surface area contributed by atoms with Gasteiger partial charge in [0.05, 0.1) is 23.0 Å². The molecule has 1 heterocycles. The fourth-order valence-corrected chi connectivity index (χ4v) is 4.65. The van der Waals surface area contributed by atoms with Crippen LogP contribution in [0.4, 0.5) is 17.1 Å². The number of aromatic hydroxyl groups is 1. The van der Waals surface area contributed by atoms with Gasteiger partial charge in [-0.3, -0.25) is 9.59 Å². The smallest absolute Gasteiger partial charge is 0.253 e. The number of furan rings is 1. The van der Waals surface area contributed by atoms with Gasteiger partial charge in [0.15, 0.2) is 5.75 Å². The molecule has 1 unspecified atom stereocenters. The van der Waals surface area contributed by atoms with Gasteiger partial charge < -0.3 is 20.2 Å². The van der Waals surface area contributed by atoms with Crippen molar-refractivity contribution in [2.45, 2.75) is 31.7 Å². The lowest BCUT2D eigenvalue weighted by Gasteiger charge is -2.31. The van der Waals surface area contributed by atoms with Gasteiger partial charge in [-0.2, -0.15) is 0 Å². The summed E-state index contributed by atoms with van der Waals surface area (Å²) in [5, 5.41) is 16.2. The van der Waals surface area contributed by atoms with Crippen LogP contribution in [-0.2, 0) is 10.0 Å². The first kappa shape index (κ1) is 23.8. The summed E-state index contributed by atoms with van der Waals surface area (Å²) in [6.07, 6.45) is 1.51. The number of nitrogens with one attached hydrogen (secondary N) is 2. The number of hydrogen-bond acceptors (Lipinski definition) is 8. The quantitative estimate of drug-likeness (QED) is 0.346. The molecule has 0 aliphatic carbocycles. The zero-order valence-corrected chi connectivity index (χ0v) is 19.8. The fourth-order valence-electron chi connectivity index (χ4n) is 3.17. The highest BCUT2D eigenvalue weighted by atomic mass is 35.5. The van der Waals surface area contributed by atoms with Gasteiger partial charge in [0, 0.05) is 14.1 Å². The van der Waals surface area contributed by atoms with E-state index >= 15 is 0 Å². The first-order chi connectivity index (χ1) is 14.8. The van der Waals surface area contributed by atoms with Gasteiger partial charge in [0.25, 0.3) is 10.9 Å². The van der Waals surface area contributed by atoms with Crippen molar-refractivity contribution in [2.75, 3.05) is 24.7 Å². The number of sulfonamides is 1. The lowest BCUT2D eigenvalue weighted by Crippen LogP contribution is -2.39. The average Bonchev–Trinajstić information content (AvgIpc) is 3.21. The number of benzene rings is 1. The summed E-state index contributed by atoms with van der Waals surface area (Å²) in [6, 6.07) is 5.63. The molecule has 172 valence electrons. The first-order valence-electron chi connectivity index (χ1n) is 9.61. The molecule has 3 N–H and O–H groups in total. The minimum atomic E-state index is -4.08. The van der Waals surface area contributed by atoms with Crippen LogP contribution in [0.1, 0.15) is 32.6 Å². The molecular weight excluding hydrogens is 458 g/mol. The second kappa shape index (κ2) is 8.27. The maximum atomic E-state index is 12.6. The molecular formula is C21H24ClN3O6S. The Bertz CT molecular complexity index is 1320. The van der Waals surface area contributed by atoms with E-state index in [2.05, 4.69) is 10.6 Å². The largest absolute Gasteiger partial charge is 0.504 e. The second-order valence-electron chi connectivity index (χ2n) is 8.55. The summed E-state index contributed by atoms with van der Waals surface area (Å²) in [5.74, 6) is -0.0891. The minimum Gasteiger partial charge on any atom is -0.504 e. The number of phenolic OH excluding ortho intramolecular Hbond substituents is 1. The summed E-state index contributed by atoms with van der Waals surface area (Å²) in [5.41, 5.74) is -2.09. The summed E-state index contributed by atoms with van der Waals surface area (Å²) >= 11 is 6.02. The van der Waals surface area contributed by atoms with Crippen LogP contribution in [0.3, 0.4) is 0 Å². The van der Waals surface area contributed by atoms with Crippen LogP contribution in [0.5, 0.6) is 5.75 Å². The van der Waals surface area contributed by atoms with Crippen LogP contribution in [0.15, 0.2) is 49.4 Å². The molecule has 1 aromatic heterocycles. The van der Waals surface area contributed by atoms with Gasteiger partial charge in [0.2, 0.25) is 10.0 Å². The topological polar surface area (TPSA) is 129 Å². The van der Waals surface area contributed by atoms with Crippen LogP contribution in [0.2, 0.25) is 5.02 Å². The highest BCUT2D eigenvalue weighted by Crippen LogP contribution is 2.41. The zero-order valence-electron chi connectivity index (χ0n) is 18.2. The summed E-state index contributed by atoms with van der Waals surface area (Å²) in [4.78, 5) is 24.1. The fraction of sp³-hybridized carbons (Fsp3) is 0.333. The third-order valence-corrected chi connectivity index (χ3v) is 7.29. The van der Waals surface area contributed by atoms with E-state index in [-0.39, 0.29) is 27.5 Å². The van der Waals surface area contributed by atoms with E-state index in [0.29, 0.717) is 5.76 Å². The van der Waals surface area contributed by atoms with Crippen molar-refractivity contribution >= 4 is 38.7 Å². The lowest BCUT2D eigenvalue weighted by atomic mass is 9.85. The number of hydrogen-bond donors (Lipinski definition) is 3. The number of rotatable bonds is 7. The van der Waals surface area contributed by atoms with Crippen molar-refractivity contribution < 1.29 is 17.9 Å². The molecule has 3 aromatic rings. The van der Waals surface area contributed by atoms with Gasteiger partial charge in [-0.05, 0) is 29.7 Å². The van der Waals surface area contributed by atoms with Gasteiger partial charge in [-0.15, -0.1) is 0 Å². The zero-order chi connectivity index (χ0) is 24.0. The lowest BCUT2D eigenvalue weighted by molar-refractivity contribution is 0.304. The maximum absolute atomic E-state index is 12.6. The minimum absolute atomic E-state index is 0.0118. The number of phenols is 1. The molecule has 0 fully saturated rings. The van der Waals surface area contributed by atoms with E-state index < -0.39 is 37.6 Å².